The SMILES string of the molecule is [CH2]n1ncnn1. The zero-order valence-electron chi connectivity index (χ0n) is 3.07. The molecule has 1 aromatic rings. The van der Waals surface area contributed by atoms with Gasteiger partial charge in [0.15, 0.2) is 6.33 Å². The summed E-state index contributed by atoms with van der Waals surface area (Å²) in [7, 11) is 3.31. The molecule has 6 heavy (non-hydrogen) atoms. The van der Waals surface area contributed by atoms with Gasteiger partial charge >= 0.3 is 0 Å². The van der Waals surface area contributed by atoms with E-state index in [1.165, 1.54) is 6.33 Å². The third-order valence-electron chi connectivity index (χ3n) is 0.391. The summed E-state index contributed by atoms with van der Waals surface area (Å²) in [5.41, 5.74) is 0. The standard InChI is InChI=1S/C2H3N4/c1-6-4-2-3-5-6/h2H,1H2. The fourth-order valence-corrected chi connectivity index (χ4v) is 0.188. The largest absolute Gasteiger partial charge is 0.163 e. The number of nitrogens with zero attached hydrogens (tertiary/aromatic N) is 4. The molecule has 0 aliphatic rings. The molecule has 1 rings (SSSR count). The van der Waals surface area contributed by atoms with E-state index in [-0.39, 0.29) is 0 Å². The third-order valence-corrected chi connectivity index (χ3v) is 0.391. The number of hydrogen-bond acceptors (Lipinski definition) is 3. The third kappa shape index (κ3) is 0.357. The van der Waals surface area contributed by atoms with Crippen molar-refractivity contribution in [1.29, 1.82) is 0 Å². The fourth-order valence-electron chi connectivity index (χ4n) is 0.188. The van der Waals surface area contributed by atoms with E-state index in [1.807, 2.05) is 0 Å². The first-order valence-electron chi connectivity index (χ1n) is 1.43. The van der Waals surface area contributed by atoms with Crippen LogP contribution in [0.25, 0.3) is 0 Å². The molecule has 4 nitrogen and oxygen atoms in total. The Morgan fingerprint density at radius 3 is 2.67 bits per heavy atom. The molecular formula is C2H3N4. The summed E-state index contributed by atoms with van der Waals surface area (Å²) < 4.78 is 0. The molecule has 0 fully saturated rings. The molecule has 0 saturated heterocycles. The molecule has 1 heterocycles. The van der Waals surface area contributed by atoms with Gasteiger partial charge in [-0.1, -0.05) is 0 Å². The van der Waals surface area contributed by atoms with E-state index < -0.39 is 0 Å². The summed E-state index contributed by atoms with van der Waals surface area (Å²) in [6, 6.07) is 0. The Kier molecular flexibility index (Phi) is 0.567. The lowest BCUT2D eigenvalue weighted by Crippen LogP contribution is -1.87. The van der Waals surface area contributed by atoms with Crippen LogP contribution in [0.3, 0.4) is 0 Å². The van der Waals surface area contributed by atoms with Gasteiger partial charge in [-0.05, 0) is 5.21 Å². The first-order valence-corrected chi connectivity index (χ1v) is 1.43. The Bertz CT molecular complexity index is 109. The summed E-state index contributed by atoms with van der Waals surface area (Å²) in [6.07, 6.45) is 1.33. The number of hydrogen-bond donors (Lipinski definition) is 0. The van der Waals surface area contributed by atoms with Gasteiger partial charge in [-0.2, -0.15) is 4.80 Å². The van der Waals surface area contributed by atoms with Crippen LogP contribution in [0.4, 0.5) is 0 Å². The molecule has 0 aliphatic carbocycles. The Morgan fingerprint density at radius 1 is 1.67 bits per heavy atom. The van der Waals surface area contributed by atoms with Crippen LogP contribution in [0.2, 0.25) is 0 Å². The quantitative estimate of drug-likeness (QED) is 0.417. The zero-order valence-corrected chi connectivity index (χ0v) is 3.07. The highest BCUT2D eigenvalue weighted by atomic mass is 15.6. The predicted molar refractivity (Wildman–Crippen MR) is 18.6 cm³/mol. The molecule has 0 aromatic carbocycles. The molecule has 0 amide bonds. The molecule has 0 atom stereocenters. The van der Waals surface area contributed by atoms with E-state index >= 15 is 0 Å². The van der Waals surface area contributed by atoms with E-state index in [0.717, 1.165) is 4.80 Å². The number of tetrazole rings is 1. The monoisotopic (exact) mass is 83.0 g/mol. The lowest BCUT2D eigenvalue weighted by atomic mass is 11.4. The minimum atomic E-state index is 1.14. The molecule has 0 unspecified atom stereocenters. The van der Waals surface area contributed by atoms with Gasteiger partial charge in [0.1, 0.15) is 0 Å². The summed E-state index contributed by atoms with van der Waals surface area (Å²) in [5, 5.41) is 10.2. The van der Waals surface area contributed by atoms with Crippen LogP contribution in [-0.4, -0.2) is 20.2 Å². The smallest absolute Gasteiger partial charge is 0.162 e. The van der Waals surface area contributed by atoms with Gasteiger partial charge in [0, 0.05) is 0 Å². The van der Waals surface area contributed by atoms with Crippen LogP contribution in [0.1, 0.15) is 0 Å². The lowest BCUT2D eigenvalue weighted by Gasteiger charge is -1.71. The fraction of sp³-hybridized carbons (Fsp3) is 0. The molecule has 1 aromatic heterocycles. The normalized spacial score (nSPS) is 8.83. The van der Waals surface area contributed by atoms with E-state index in [0.29, 0.717) is 0 Å². The second-order valence-electron chi connectivity index (χ2n) is 0.808. The summed E-state index contributed by atoms with van der Waals surface area (Å²) in [5.74, 6) is 0. The molecule has 0 aliphatic heterocycles. The van der Waals surface area contributed by atoms with Crippen LogP contribution in [0.15, 0.2) is 6.33 Å². The van der Waals surface area contributed by atoms with Crippen molar-refractivity contribution in [3.05, 3.63) is 13.4 Å². The van der Waals surface area contributed by atoms with Crippen molar-refractivity contribution < 1.29 is 0 Å². The first-order chi connectivity index (χ1) is 2.89. The van der Waals surface area contributed by atoms with Crippen molar-refractivity contribution in [1.82, 2.24) is 20.2 Å². The zero-order chi connectivity index (χ0) is 4.41. The maximum atomic E-state index is 3.50. The van der Waals surface area contributed by atoms with E-state index in [4.69, 9.17) is 0 Å². The van der Waals surface area contributed by atoms with Crippen LogP contribution in [-0.2, 0) is 0 Å². The average molecular weight is 83.1 g/mol. The van der Waals surface area contributed by atoms with E-state index in [9.17, 15) is 0 Å². The summed E-state index contributed by atoms with van der Waals surface area (Å²) in [6.45, 7) is 0. The van der Waals surface area contributed by atoms with E-state index in [2.05, 4.69) is 22.5 Å². The lowest BCUT2D eigenvalue weighted by molar-refractivity contribution is 0.714. The molecule has 31 valence electrons. The van der Waals surface area contributed by atoms with Crippen molar-refractivity contribution in [2.24, 2.45) is 0 Å². The highest BCUT2D eigenvalue weighted by Gasteiger charge is 1.72. The number of aromatic nitrogens is 4. The second-order valence-corrected chi connectivity index (χ2v) is 0.808. The first kappa shape index (κ1) is 3.27. The van der Waals surface area contributed by atoms with Crippen molar-refractivity contribution in [3.8, 4) is 0 Å². The maximum absolute atomic E-state index is 3.50. The van der Waals surface area contributed by atoms with Gasteiger partial charge in [0.2, 0.25) is 0 Å². The van der Waals surface area contributed by atoms with E-state index in [1.54, 1.807) is 0 Å². The topological polar surface area (TPSA) is 43.6 Å². The van der Waals surface area contributed by atoms with Crippen molar-refractivity contribution >= 4 is 0 Å². The Balaban J connectivity index is 3.05. The van der Waals surface area contributed by atoms with Crippen LogP contribution in [0.5, 0.6) is 0 Å². The minimum absolute atomic E-state index is 1.14. The maximum Gasteiger partial charge on any atom is 0.162 e. The van der Waals surface area contributed by atoms with Gasteiger partial charge in [0.05, 0.1) is 7.05 Å². The second kappa shape index (κ2) is 1.04. The molecule has 1 radical (unpaired) electrons. The highest BCUT2D eigenvalue weighted by molar-refractivity contribution is 4.36. The van der Waals surface area contributed by atoms with Crippen molar-refractivity contribution in [2.75, 3.05) is 0 Å². The molecule has 4 heteroatoms. The highest BCUT2D eigenvalue weighted by Crippen LogP contribution is 1.58. The minimum Gasteiger partial charge on any atom is -0.163 e. The Morgan fingerprint density at radius 2 is 2.50 bits per heavy atom. The van der Waals surface area contributed by atoms with Gasteiger partial charge in [-0.3, -0.25) is 0 Å². The van der Waals surface area contributed by atoms with Gasteiger partial charge in [-0.15, -0.1) is 10.2 Å². The van der Waals surface area contributed by atoms with Crippen molar-refractivity contribution in [3.63, 3.8) is 0 Å². The molecule has 0 N–H and O–H groups in total. The average Bonchev–Trinajstić information content (AvgIpc) is 1.86. The predicted octanol–water partition coefficient (Wildman–Crippen LogP) is -0.687. The molecular weight excluding hydrogens is 80.1 g/mol. The Labute approximate surface area is 34.8 Å². The molecule has 0 saturated carbocycles. The van der Waals surface area contributed by atoms with Gasteiger partial charge in [-0.25, -0.2) is 0 Å². The summed E-state index contributed by atoms with van der Waals surface area (Å²) in [4.78, 5) is 1.14. The molecule has 0 bridgehead atoms. The number of rotatable bonds is 0. The van der Waals surface area contributed by atoms with Crippen LogP contribution < -0.4 is 0 Å². The van der Waals surface area contributed by atoms with Crippen LogP contribution >= 0.6 is 0 Å². The Hall–Kier alpha value is -0.930. The van der Waals surface area contributed by atoms with Gasteiger partial charge < -0.3 is 0 Å². The van der Waals surface area contributed by atoms with Gasteiger partial charge in [0.25, 0.3) is 0 Å². The van der Waals surface area contributed by atoms with Crippen molar-refractivity contribution in [2.45, 2.75) is 0 Å². The molecule has 0 spiro atoms. The van der Waals surface area contributed by atoms with Crippen LogP contribution in [0, 0.1) is 7.05 Å². The summed E-state index contributed by atoms with van der Waals surface area (Å²) >= 11 is 0.